The van der Waals surface area contributed by atoms with Crippen molar-refractivity contribution in [2.24, 2.45) is 5.41 Å². The minimum absolute atomic E-state index is 0.0593. The van der Waals surface area contributed by atoms with E-state index in [-0.39, 0.29) is 13.1 Å². The van der Waals surface area contributed by atoms with E-state index in [0.717, 1.165) is 0 Å². The van der Waals surface area contributed by atoms with Gasteiger partial charge in [0.05, 0.1) is 12.0 Å². The number of hydrogen-bond donors (Lipinski definition) is 4. The minimum Gasteiger partial charge on any atom is -0.481 e. The van der Waals surface area contributed by atoms with Crippen molar-refractivity contribution in [1.29, 1.82) is 0 Å². The van der Waals surface area contributed by atoms with E-state index in [1.54, 1.807) is 0 Å². The maximum absolute atomic E-state index is 11.6. The molecule has 0 aliphatic carbocycles. The Balaban J connectivity index is 1.80. The van der Waals surface area contributed by atoms with Crippen LogP contribution in [-0.4, -0.2) is 57.5 Å². The van der Waals surface area contributed by atoms with E-state index in [4.69, 9.17) is 4.74 Å². The highest BCUT2D eigenvalue weighted by Crippen LogP contribution is 2.29. The van der Waals surface area contributed by atoms with Crippen molar-refractivity contribution < 1.29 is 19.4 Å². The van der Waals surface area contributed by atoms with E-state index >= 15 is 0 Å². The number of rotatable bonds is 5. The van der Waals surface area contributed by atoms with Crippen LogP contribution in [-0.2, 0) is 16.1 Å². The molecule has 0 radical (unpaired) electrons. The van der Waals surface area contributed by atoms with Gasteiger partial charge in [-0.2, -0.15) is 5.21 Å². The molecular weight excluding hydrogens is 268 g/mol. The zero-order valence-electron chi connectivity index (χ0n) is 10.8. The number of aliphatic carboxylic acids is 1. The third kappa shape index (κ3) is 3.41. The smallest absolute Gasteiger partial charge is 0.315 e. The summed E-state index contributed by atoms with van der Waals surface area (Å²) in [5, 5.41) is 27.4. The van der Waals surface area contributed by atoms with Crippen LogP contribution in [0.2, 0.25) is 0 Å². The van der Waals surface area contributed by atoms with Crippen molar-refractivity contribution in [1.82, 2.24) is 31.3 Å². The van der Waals surface area contributed by atoms with Crippen molar-refractivity contribution in [3.05, 3.63) is 5.82 Å². The van der Waals surface area contributed by atoms with E-state index in [1.165, 1.54) is 0 Å². The number of carboxylic acid groups (broad SMARTS) is 1. The summed E-state index contributed by atoms with van der Waals surface area (Å²) in [6.45, 7) is 0.951. The van der Waals surface area contributed by atoms with Crippen LogP contribution < -0.4 is 10.6 Å². The average Bonchev–Trinajstić information content (AvgIpc) is 2.97. The fraction of sp³-hybridized carbons (Fsp3) is 0.700. The molecule has 0 unspecified atom stereocenters. The number of urea groups is 1. The van der Waals surface area contributed by atoms with Gasteiger partial charge in [-0.1, -0.05) is 5.21 Å². The van der Waals surface area contributed by atoms with Crippen LogP contribution in [0.3, 0.4) is 0 Å². The molecule has 0 atom stereocenters. The number of hydrogen-bond acceptors (Lipinski definition) is 6. The van der Waals surface area contributed by atoms with Gasteiger partial charge in [0.15, 0.2) is 5.82 Å². The van der Waals surface area contributed by atoms with Gasteiger partial charge in [0.1, 0.15) is 0 Å². The molecule has 20 heavy (non-hydrogen) atoms. The second-order valence-electron chi connectivity index (χ2n) is 4.56. The number of carboxylic acids is 1. The first-order valence-corrected chi connectivity index (χ1v) is 6.17. The molecule has 1 fully saturated rings. The summed E-state index contributed by atoms with van der Waals surface area (Å²) in [6, 6.07) is -0.470. The monoisotopic (exact) mass is 284 g/mol. The Morgan fingerprint density at radius 1 is 1.35 bits per heavy atom. The Labute approximate surface area is 114 Å². The van der Waals surface area contributed by atoms with Gasteiger partial charge in [0.2, 0.25) is 0 Å². The third-order valence-corrected chi connectivity index (χ3v) is 3.29. The van der Waals surface area contributed by atoms with Crippen LogP contribution in [0.1, 0.15) is 18.7 Å². The third-order valence-electron chi connectivity index (χ3n) is 3.29. The second-order valence-corrected chi connectivity index (χ2v) is 4.56. The molecule has 1 aliphatic rings. The van der Waals surface area contributed by atoms with Gasteiger partial charge in [0.25, 0.3) is 0 Å². The highest BCUT2D eigenvalue weighted by molar-refractivity contribution is 5.78. The normalized spacial score (nSPS) is 17.4. The van der Waals surface area contributed by atoms with Crippen LogP contribution in [0, 0.1) is 5.41 Å². The summed E-state index contributed by atoms with van der Waals surface area (Å²) in [7, 11) is 0. The van der Waals surface area contributed by atoms with Gasteiger partial charge in [-0.25, -0.2) is 4.79 Å². The highest BCUT2D eigenvalue weighted by Gasteiger charge is 2.40. The van der Waals surface area contributed by atoms with Gasteiger partial charge in [-0.15, -0.1) is 10.2 Å². The number of amides is 2. The number of carbonyl (C=O) groups is 2. The molecule has 0 aromatic carbocycles. The van der Waals surface area contributed by atoms with Crippen molar-refractivity contribution in [2.75, 3.05) is 19.8 Å². The topological polar surface area (TPSA) is 142 Å². The molecule has 2 rings (SSSR count). The van der Waals surface area contributed by atoms with Gasteiger partial charge < -0.3 is 20.5 Å². The molecule has 0 bridgehead atoms. The lowest BCUT2D eigenvalue weighted by atomic mass is 9.80. The van der Waals surface area contributed by atoms with Crippen molar-refractivity contribution >= 4 is 12.0 Å². The summed E-state index contributed by atoms with van der Waals surface area (Å²) in [5.74, 6) is -0.571. The SMILES string of the molecule is O=C(NCc1nn[nH]n1)NCC1(C(=O)O)CCOCC1. The maximum atomic E-state index is 11.6. The molecule has 4 N–H and O–H groups in total. The molecule has 0 saturated carbocycles. The molecule has 1 aliphatic heterocycles. The lowest BCUT2D eigenvalue weighted by molar-refractivity contribution is -0.154. The minimum atomic E-state index is -0.957. The Hall–Kier alpha value is -2.23. The number of ether oxygens (including phenoxy) is 1. The molecule has 1 aromatic rings. The van der Waals surface area contributed by atoms with Gasteiger partial charge in [-0.3, -0.25) is 4.79 Å². The highest BCUT2D eigenvalue weighted by atomic mass is 16.5. The summed E-state index contributed by atoms with van der Waals surface area (Å²) in [6.07, 6.45) is 0.765. The number of tetrazole rings is 1. The number of aromatic amines is 1. The molecule has 0 spiro atoms. The van der Waals surface area contributed by atoms with E-state index in [0.29, 0.717) is 31.9 Å². The molecule has 110 valence electrons. The Kier molecular flexibility index (Phi) is 4.45. The van der Waals surface area contributed by atoms with E-state index < -0.39 is 17.4 Å². The molecule has 2 heterocycles. The zero-order valence-corrected chi connectivity index (χ0v) is 10.8. The average molecular weight is 284 g/mol. The Morgan fingerprint density at radius 3 is 2.70 bits per heavy atom. The first kappa shape index (κ1) is 14.2. The number of nitrogens with one attached hydrogen (secondary N) is 3. The van der Waals surface area contributed by atoms with Gasteiger partial charge in [0, 0.05) is 19.8 Å². The lowest BCUT2D eigenvalue weighted by Gasteiger charge is -2.33. The maximum Gasteiger partial charge on any atom is 0.315 e. The van der Waals surface area contributed by atoms with Crippen molar-refractivity contribution in [2.45, 2.75) is 19.4 Å². The summed E-state index contributed by atoms with van der Waals surface area (Å²) in [4.78, 5) is 23.0. The quantitative estimate of drug-likeness (QED) is 0.536. The standard InChI is InChI=1S/C10H16N6O4/c17-8(18)10(1-3-20-4-2-10)6-12-9(19)11-5-7-13-15-16-14-7/h1-6H2,(H,17,18)(H2,11,12,19)(H,13,14,15,16). The molecular formula is C10H16N6O4. The Bertz CT molecular complexity index is 456. The number of aromatic nitrogens is 4. The van der Waals surface area contributed by atoms with Gasteiger partial charge in [-0.05, 0) is 12.8 Å². The first-order chi connectivity index (χ1) is 9.62. The van der Waals surface area contributed by atoms with Crippen LogP contribution in [0.5, 0.6) is 0 Å². The first-order valence-electron chi connectivity index (χ1n) is 6.17. The molecule has 10 nitrogen and oxygen atoms in total. The predicted molar refractivity (Wildman–Crippen MR) is 64.5 cm³/mol. The summed E-state index contributed by atoms with van der Waals surface area (Å²) in [5.41, 5.74) is -0.957. The number of H-pyrrole nitrogens is 1. The van der Waals surface area contributed by atoms with E-state index in [2.05, 4.69) is 31.3 Å². The molecule has 2 amide bonds. The summed E-state index contributed by atoms with van der Waals surface area (Å²) < 4.78 is 5.16. The van der Waals surface area contributed by atoms with Crippen molar-refractivity contribution in [3.8, 4) is 0 Å². The van der Waals surface area contributed by atoms with E-state index in [1.807, 2.05) is 0 Å². The van der Waals surface area contributed by atoms with Crippen LogP contribution in [0.25, 0.3) is 0 Å². The predicted octanol–water partition coefficient (Wildman–Crippen LogP) is -1.12. The fourth-order valence-corrected chi connectivity index (χ4v) is 1.96. The zero-order chi connectivity index (χ0) is 14.4. The molecule has 1 saturated heterocycles. The second kappa shape index (κ2) is 6.28. The largest absolute Gasteiger partial charge is 0.481 e. The van der Waals surface area contributed by atoms with Crippen LogP contribution >= 0.6 is 0 Å². The molecule has 1 aromatic heterocycles. The lowest BCUT2D eigenvalue weighted by Crippen LogP contribution is -2.48. The van der Waals surface area contributed by atoms with E-state index in [9.17, 15) is 14.7 Å². The molecule has 10 heteroatoms. The van der Waals surface area contributed by atoms with Crippen LogP contribution in [0.4, 0.5) is 4.79 Å². The van der Waals surface area contributed by atoms with Gasteiger partial charge >= 0.3 is 12.0 Å². The fourth-order valence-electron chi connectivity index (χ4n) is 1.96. The number of nitrogens with zero attached hydrogens (tertiary/aromatic N) is 3. The van der Waals surface area contributed by atoms with Crippen LogP contribution in [0.15, 0.2) is 0 Å². The van der Waals surface area contributed by atoms with Crippen molar-refractivity contribution in [3.63, 3.8) is 0 Å². The summed E-state index contributed by atoms with van der Waals surface area (Å²) >= 11 is 0. The Morgan fingerprint density at radius 2 is 2.10 bits per heavy atom. The number of carbonyl (C=O) groups excluding carboxylic acids is 1.